The van der Waals surface area contributed by atoms with Gasteiger partial charge in [-0.05, 0) is 30.8 Å². The van der Waals surface area contributed by atoms with E-state index in [-0.39, 0.29) is 0 Å². The van der Waals surface area contributed by atoms with Crippen LogP contribution in [0.1, 0.15) is 39.5 Å². The summed E-state index contributed by atoms with van der Waals surface area (Å²) in [4.78, 5) is 0. The molecule has 0 nitrogen and oxygen atoms in total. The third kappa shape index (κ3) is 1.95. The maximum atomic E-state index is 2.37. The molecule has 0 aromatic rings. The van der Waals surface area contributed by atoms with Crippen molar-refractivity contribution >= 4 is 7.92 Å². The Morgan fingerprint density at radius 2 is 1.60 bits per heavy atom. The highest BCUT2D eigenvalue weighted by Crippen LogP contribution is 2.47. The van der Waals surface area contributed by atoms with Gasteiger partial charge in [0.05, 0.1) is 0 Å². The van der Waals surface area contributed by atoms with E-state index in [9.17, 15) is 0 Å². The number of rotatable bonds is 3. The lowest BCUT2D eigenvalue weighted by Crippen LogP contribution is -2.01. The Kier molecular flexibility index (Phi) is 3.70. The summed E-state index contributed by atoms with van der Waals surface area (Å²) in [6, 6.07) is 0. The fourth-order valence-corrected chi connectivity index (χ4v) is 4.58. The summed E-state index contributed by atoms with van der Waals surface area (Å²) in [7, 11) is 0.443. The molecule has 1 aliphatic rings. The van der Waals surface area contributed by atoms with Crippen molar-refractivity contribution in [1.82, 2.24) is 0 Å². The maximum absolute atomic E-state index is 2.37. The van der Waals surface area contributed by atoms with E-state index in [0.717, 1.165) is 5.66 Å². The average molecular weight is 158 g/mol. The van der Waals surface area contributed by atoms with Crippen LogP contribution in [-0.4, -0.2) is 18.0 Å². The van der Waals surface area contributed by atoms with E-state index in [2.05, 4.69) is 13.8 Å². The number of hydrogen-bond acceptors (Lipinski definition) is 0. The molecule has 0 saturated heterocycles. The van der Waals surface area contributed by atoms with Crippen LogP contribution in [0.25, 0.3) is 0 Å². The lowest BCUT2D eigenvalue weighted by Gasteiger charge is -2.20. The molecule has 60 valence electrons. The predicted molar refractivity (Wildman–Crippen MR) is 50.3 cm³/mol. The van der Waals surface area contributed by atoms with Gasteiger partial charge in [0.25, 0.3) is 0 Å². The second-order valence-electron chi connectivity index (χ2n) is 3.16. The molecule has 0 aromatic carbocycles. The van der Waals surface area contributed by atoms with Gasteiger partial charge in [0.2, 0.25) is 0 Å². The zero-order valence-corrected chi connectivity index (χ0v) is 8.16. The molecule has 1 saturated carbocycles. The molecule has 0 radical (unpaired) electrons. The van der Waals surface area contributed by atoms with Crippen LogP contribution in [0.4, 0.5) is 0 Å². The summed E-state index contributed by atoms with van der Waals surface area (Å²) < 4.78 is 0. The summed E-state index contributed by atoms with van der Waals surface area (Å²) in [6.07, 6.45) is 9.07. The second-order valence-corrected chi connectivity index (χ2v) is 6.33. The summed E-state index contributed by atoms with van der Waals surface area (Å²) in [6.45, 7) is 4.74. The minimum atomic E-state index is 0.443. The van der Waals surface area contributed by atoms with E-state index in [1.807, 2.05) is 0 Å². The molecule has 0 spiro atoms. The van der Waals surface area contributed by atoms with Crippen molar-refractivity contribution in [3.05, 3.63) is 0 Å². The Morgan fingerprint density at radius 1 is 1.10 bits per heavy atom. The predicted octanol–water partition coefficient (Wildman–Crippen LogP) is 3.45. The molecule has 1 fully saturated rings. The quantitative estimate of drug-likeness (QED) is 0.552. The van der Waals surface area contributed by atoms with Crippen molar-refractivity contribution in [3.8, 4) is 0 Å². The van der Waals surface area contributed by atoms with Gasteiger partial charge in [-0.3, -0.25) is 0 Å². The topological polar surface area (TPSA) is 0 Å². The van der Waals surface area contributed by atoms with Crippen LogP contribution >= 0.6 is 7.92 Å². The summed E-state index contributed by atoms with van der Waals surface area (Å²) in [5, 5.41) is 0. The zero-order chi connectivity index (χ0) is 7.40. The Labute approximate surface area is 66.2 Å². The highest BCUT2D eigenvalue weighted by Gasteiger charge is 2.21. The van der Waals surface area contributed by atoms with Gasteiger partial charge < -0.3 is 0 Å². The SMILES string of the molecule is CCP(CC)C1CCCC1. The first-order valence-electron chi connectivity index (χ1n) is 4.62. The van der Waals surface area contributed by atoms with E-state index in [1.165, 1.54) is 25.2 Å². The molecule has 0 amide bonds. The Hall–Kier alpha value is 0.430. The molecule has 0 N–H and O–H groups in total. The largest absolute Gasteiger partial charge is 0.104 e. The van der Waals surface area contributed by atoms with E-state index < -0.39 is 0 Å². The molecule has 0 atom stereocenters. The Balaban J connectivity index is 2.29. The van der Waals surface area contributed by atoms with Crippen LogP contribution in [0.3, 0.4) is 0 Å². The Bertz CT molecular complexity index is 80.7. The van der Waals surface area contributed by atoms with Crippen LogP contribution < -0.4 is 0 Å². The lowest BCUT2D eigenvalue weighted by molar-refractivity contribution is 0.886. The average Bonchev–Trinajstić information content (AvgIpc) is 2.43. The van der Waals surface area contributed by atoms with Gasteiger partial charge in [0.15, 0.2) is 0 Å². The fraction of sp³-hybridized carbons (Fsp3) is 1.00. The van der Waals surface area contributed by atoms with Gasteiger partial charge in [-0.15, -0.1) is 7.92 Å². The first kappa shape index (κ1) is 8.53. The van der Waals surface area contributed by atoms with Crippen molar-refractivity contribution in [2.45, 2.75) is 45.2 Å². The minimum absolute atomic E-state index is 0.443. The van der Waals surface area contributed by atoms with Gasteiger partial charge >= 0.3 is 0 Å². The molecule has 0 unspecified atom stereocenters. The summed E-state index contributed by atoms with van der Waals surface area (Å²) >= 11 is 0. The maximum Gasteiger partial charge on any atom is -0.0209 e. The van der Waals surface area contributed by atoms with Gasteiger partial charge in [-0.25, -0.2) is 0 Å². The number of hydrogen-bond donors (Lipinski definition) is 0. The van der Waals surface area contributed by atoms with Gasteiger partial charge in [-0.2, -0.15) is 0 Å². The molecule has 0 bridgehead atoms. The lowest BCUT2D eigenvalue weighted by atomic mass is 10.4. The highest BCUT2D eigenvalue weighted by molar-refractivity contribution is 7.58. The van der Waals surface area contributed by atoms with Crippen LogP contribution in [-0.2, 0) is 0 Å². The standard InChI is InChI=1S/C9H19P/c1-3-10(4-2)9-7-5-6-8-9/h9H,3-8H2,1-2H3. The molecule has 0 aliphatic heterocycles. The Morgan fingerprint density at radius 3 is 2.00 bits per heavy atom. The molecule has 1 rings (SSSR count). The molecular weight excluding hydrogens is 139 g/mol. The first-order valence-corrected chi connectivity index (χ1v) is 6.40. The molecule has 0 aromatic heterocycles. The van der Waals surface area contributed by atoms with E-state index >= 15 is 0 Å². The summed E-state index contributed by atoms with van der Waals surface area (Å²) in [5.74, 6) is 0. The second kappa shape index (κ2) is 4.34. The van der Waals surface area contributed by atoms with Crippen molar-refractivity contribution in [1.29, 1.82) is 0 Å². The molecular formula is C9H19P. The molecule has 1 heteroatoms. The monoisotopic (exact) mass is 158 g/mol. The first-order chi connectivity index (χ1) is 4.88. The van der Waals surface area contributed by atoms with Crippen LogP contribution in [0.15, 0.2) is 0 Å². The van der Waals surface area contributed by atoms with Gasteiger partial charge in [-0.1, -0.05) is 26.7 Å². The zero-order valence-electron chi connectivity index (χ0n) is 7.27. The van der Waals surface area contributed by atoms with Gasteiger partial charge in [0, 0.05) is 0 Å². The van der Waals surface area contributed by atoms with E-state index in [1.54, 1.807) is 12.8 Å². The molecule has 1 aliphatic carbocycles. The van der Waals surface area contributed by atoms with Crippen molar-refractivity contribution in [2.75, 3.05) is 12.3 Å². The normalized spacial score (nSPS) is 20.7. The smallest absolute Gasteiger partial charge is 0.0209 e. The minimum Gasteiger partial charge on any atom is -0.104 e. The highest BCUT2D eigenvalue weighted by atomic mass is 31.1. The van der Waals surface area contributed by atoms with E-state index in [4.69, 9.17) is 0 Å². The fourth-order valence-electron chi connectivity index (χ4n) is 2.01. The van der Waals surface area contributed by atoms with Crippen LogP contribution in [0, 0.1) is 0 Å². The van der Waals surface area contributed by atoms with Crippen LogP contribution in [0.5, 0.6) is 0 Å². The van der Waals surface area contributed by atoms with Crippen molar-refractivity contribution in [2.24, 2.45) is 0 Å². The third-order valence-corrected chi connectivity index (χ3v) is 5.83. The van der Waals surface area contributed by atoms with Gasteiger partial charge in [0.1, 0.15) is 0 Å². The molecule has 10 heavy (non-hydrogen) atoms. The van der Waals surface area contributed by atoms with Crippen molar-refractivity contribution in [3.63, 3.8) is 0 Å². The van der Waals surface area contributed by atoms with Crippen LogP contribution in [0.2, 0.25) is 0 Å². The summed E-state index contributed by atoms with van der Waals surface area (Å²) in [5.41, 5.74) is 1.16. The van der Waals surface area contributed by atoms with Crippen molar-refractivity contribution < 1.29 is 0 Å². The third-order valence-electron chi connectivity index (χ3n) is 2.65. The van der Waals surface area contributed by atoms with E-state index in [0.29, 0.717) is 7.92 Å². The molecule has 0 heterocycles.